The van der Waals surface area contributed by atoms with Gasteiger partial charge < -0.3 is 4.42 Å². The Labute approximate surface area is 125 Å². The standard InChI is InChI=1S/C17H21N3O/c1-2-5-13(6-3-1)11-16-18-19-17(21-16)14-9-10-20(12-14)15-7-4-8-15/h1-3,5-6,14-15H,4,7-12H2/t14-/m0/s1. The zero-order chi connectivity index (χ0) is 14.1. The van der Waals surface area contributed by atoms with E-state index in [1.54, 1.807) is 0 Å². The predicted octanol–water partition coefficient (Wildman–Crippen LogP) is 3.00. The minimum Gasteiger partial charge on any atom is -0.425 e. The van der Waals surface area contributed by atoms with Crippen LogP contribution in [0.5, 0.6) is 0 Å². The van der Waals surface area contributed by atoms with Crippen LogP contribution in [0.2, 0.25) is 0 Å². The summed E-state index contributed by atoms with van der Waals surface area (Å²) in [4.78, 5) is 2.61. The first-order valence-electron chi connectivity index (χ1n) is 7.99. The van der Waals surface area contributed by atoms with E-state index < -0.39 is 0 Å². The molecule has 110 valence electrons. The van der Waals surface area contributed by atoms with Gasteiger partial charge in [-0.25, -0.2) is 0 Å². The Morgan fingerprint density at radius 3 is 2.71 bits per heavy atom. The van der Waals surface area contributed by atoms with Gasteiger partial charge in [-0.05, 0) is 31.4 Å². The maximum absolute atomic E-state index is 5.90. The third kappa shape index (κ3) is 2.72. The second-order valence-electron chi connectivity index (χ2n) is 6.26. The third-order valence-corrected chi connectivity index (χ3v) is 4.84. The molecule has 2 heterocycles. The Morgan fingerprint density at radius 1 is 1.10 bits per heavy atom. The van der Waals surface area contributed by atoms with Gasteiger partial charge >= 0.3 is 0 Å². The van der Waals surface area contributed by atoms with Gasteiger partial charge in [0, 0.05) is 12.6 Å². The lowest BCUT2D eigenvalue weighted by Gasteiger charge is -2.34. The molecule has 1 saturated carbocycles. The molecule has 1 aromatic carbocycles. The first-order valence-corrected chi connectivity index (χ1v) is 7.99. The van der Waals surface area contributed by atoms with Crippen molar-refractivity contribution in [1.82, 2.24) is 15.1 Å². The lowest BCUT2D eigenvalue weighted by molar-refractivity contribution is 0.155. The molecule has 1 saturated heterocycles. The fraction of sp³-hybridized carbons (Fsp3) is 0.529. The van der Waals surface area contributed by atoms with Crippen LogP contribution >= 0.6 is 0 Å². The molecule has 0 spiro atoms. The van der Waals surface area contributed by atoms with E-state index in [0.29, 0.717) is 5.92 Å². The van der Waals surface area contributed by atoms with Gasteiger partial charge in [-0.2, -0.15) is 0 Å². The van der Waals surface area contributed by atoms with Crippen LogP contribution < -0.4 is 0 Å². The lowest BCUT2D eigenvalue weighted by Crippen LogP contribution is -2.38. The fourth-order valence-corrected chi connectivity index (χ4v) is 3.35. The summed E-state index contributed by atoms with van der Waals surface area (Å²) in [5, 5.41) is 8.51. The van der Waals surface area contributed by atoms with Gasteiger partial charge in [0.1, 0.15) is 0 Å². The van der Waals surface area contributed by atoms with E-state index in [0.717, 1.165) is 37.2 Å². The average Bonchev–Trinajstić information content (AvgIpc) is 3.07. The fourth-order valence-electron chi connectivity index (χ4n) is 3.35. The third-order valence-electron chi connectivity index (χ3n) is 4.84. The van der Waals surface area contributed by atoms with E-state index in [9.17, 15) is 0 Å². The lowest BCUT2D eigenvalue weighted by atomic mass is 9.92. The van der Waals surface area contributed by atoms with Gasteiger partial charge in [0.15, 0.2) is 0 Å². The summed E-state index contributed by atoms with van der Waals surface area (Å²) in [6, 6.07) is 11.1. The van der Waals surface area contributed by atoms with Crippen molar-refractivity contribution >= 4 is 0 Å². The normalized spacial score (nSPS) is 23.3. The highest BCUT2D eigenvalue weighted by Crippen LogP contribution is 2.33. The molecule has 1 aliphatic carbocycles. The highest BCUT2D eigenvalue weighted by atomic mass is 16.4. The van der Waals surface area contributed by atoms with Crippen LogP contribution in [0, 0.1) is 0 Å². The van der Waals surface area contributed by atoms with Gasteiger partial charge in [0.25, 0.3) is 0 Å². The molecule has 2 aromatic rings. The van der Waals surface area contributed by atoms with Crippen LogP contribution in [0.4, 0.5) is 0 Å². The van der Waals surface area contributed by atoms with Crippen LogP contribution in [0.15, 0.2) is 34.7 Å². The van der Waals surface area contributed by atoms with E-state index in [1.807, 2.05) is 18.2 Å². The van der Waals surface area contributed by atoms with Gasteiger partial charge in [-0.3, -0.25) is 4.90 Å². The molecule has 0 radical (unpaired) electrons. The van der Waals surface area contributed by atoms with Gasteiger partial charge in [-0.15, -0.1) is 10.2 Å². The van der Waals surface area contributed by atoms with E-state index in [2.05, 4.69) is 27.2 Å². The first-order chi connectivity index (χ1) is 10.4. The van der Waals surface area contributed by atoms with Crippen molar-refractivity contribution in [2.75, 3.05) is 13.1 Å². The largest absolute Gasteiger partial charge is 0.425 e. The van der Waals surface area contributed by atoms with Crippen LogP contribution in [0.25, 0.3) is 0 Å². The Bertz CT molecular complexity index is 591. The maximum atomic E-state index is 5.90. The number of aromatic nitrogens is 2. The van der Waals surface area contributed by atoms with E-state index >= 15 is 0 Å². The zero-order valence-electron chi connectivity index (χ0n) is 12.2. The second-order valence-corrected chi connectivity index (χ2v) is 6.26. The Morgan fingerprint density at radius 2 is 1.95 bits per heavy atom. The van der Waals surface area contributed by atoms with Gasteiger partial charge in [-0.1, -0.05) is 36.8 Å². The Balaban J connectivity index is 1.40. The molecule has 1 aliphatic heterocycles. The molecule has 4 heteroatoms. The van der Waals surface area contributed by atoms with Crippen molar-refractivity contribution in [2.45, 2.75) is 44.1 Å². The highest BCUT2D eigenvalue weighted by Gasteiger charge is 2.34. The monoisotopic (exact) mass is 283 g/mol. The molecule has 0 bridgehead atoms. The zero-order valence-corrected chi connectivity index (χ0v) is 12.2. The van der Waals surface area contributed by atoms with Crippen molar-refractivity contribution in [1.29, 1.82) is 0 Å². The van der Waals surface area contributed by atoms with Gasteiger partial charge in [0.05, 0.1) is 12.3 Å². The van der Waals surface area contributed by atoms with Crippen LogP contribution in [-0.4, -0.2) is 34.2 Å². The quantitative estimate of drug-likeness (QED) is 0.865. The number of benzene rings is 1. The topological polar surface area (TPSA) is 42.2 Å². The number of hydrogen-bond donors (Lipinski definition) is 0. The van der Waals surface area contributed by atoms with Crippen molar-refractivity contribution in [3.05, 3.63) is 47.7 Å². The molecular formula is C17H21N3O. The molecule has 4 rings (SSSR count). The van der Waals surface area contributed by atoms with Gasteiger partial charge in [0.2, 0.25) is 11.8 Å². The van der Waals surface area contributed by atoms with E-state index in [-0.39, 0.29) is 0 Å². The average molecular weight is 283 g/mol. The molecule has 0 unspecified atom stereocenters. The second kappa shape index (κ2) is 5.60. The molecule has 2 aliphatic rings. The summed E-state index contributed by atoms with van der Waals surface area (Å²) >= 11 is 0. The SMILES string of the molecule is c1ccc(Cc2nnc([C@H]3CCN(C4CCC4)C3)o2)cc1. The summed E-state index contributed by atoms with van der Waals surface area (Å²) in [7, 11) is 0. The van der Waals surface area contributed by atoms with E-state index in [4.69, 9.17) is 4.42 Å². The summed E-state index contributed by atoms with van der Waals surface area (Å²) < 4.78 is 5.90. The first kappa shape index (κ1) is 13.0. The number of rotatable bonds is 4. The summed E-state index contributed by atoms with van der Waals surface area (Å²) in [5.74, 6) is 2.00. The number of likely N-dealkylation sites (tertiary alicyclic amines) is 1. The molecular weight excluding hydrogens is 262 g/mol. The minimum absolute atomic E-state index is 0.433. The van der Waals surface area contributed by atoms with Crippen LogP contribution in [-0.2, 0) is 6.42 Å². The van der Waals surface area contributed by atoms with Crippen molar-refractivity contribution in [3.63, 3.8) is 0 Å². The summed E-state index contributed by atoms with van der Waals surface area (Å²) in [6.45, 7) is 2.28. The van der Waals surface area contributed by atoms with Crippen LogP contribution in [0.3, 0.4) is 0 Å². The molecule has 1 atom stereocenters. The van der Waals surface area contributed by atoms with Crippen molar-refractivity contribution in [2.24, 2.45) is 0 Å². The van der Waals surface area contributed by atoms with Crippen molar-refractivity contribution in [3.8, 4) is 0 Å². The maximum Gasteiger partial charge on any atom is 0.220 e. The smallest absolute Gasteiger partial charge is 0.220 e. The highest BCUT2D eigenvalue weighted by molar-refractivity contribution is 5.18. The molecule has 4 nitrogen and oxygen atoms in total. The van der Waals surface area contributed by atoms with E-state index in [1.165, 1.54) is 31.4 Å². The molecule has 2 fully saturated rings. The molecule has 0 N–H and O–H groups in total. The molecule has 0 amide bonds. The van der Waals surface area contributed by atoms with Crippen LogP contribution in [0.1, 0.15) is 48.9 Å². The Kier molecular flexibility index (Phi) is 3.47. The summed E-state index contributed by atoms with van der Waals surface area (Å²) in [6.07, 6.45) is 6.02. The van der Waals surface area contributed by atoms with Crippen molar-refractivity contribution < 1.29 is 4.42 Å². The number of nitrogens with zero attached hydrogens (tertiary/aromatic N) is 3. The minimum atomic E-state index is 0.433. The Hall–Kier alpha value is -1.68. The molecule has 21 heavy (non-hydrogen) atoms. The molecule has 1 aromatic heterocycles. The predicted molar refractivity (Wildman–Crippen MR) is 80.1 cm³/mol. The number of hydrogen-bond acceptors (Lipinski definition) is 4. The summed E-state index contributed by atoms with van der Waals surface area (Å²) in [5.41, 5.74) is 1.22.